The van der Waals surface area contributed by atoms with Gasteiger partial charge in [0.15, 0.2) is 5.78 Å². The summed E-state index contributed by atoms with van der Waals surface area (Å²) in [6.45, 7) is 5.68. The molecule has 0 heterocycles. The molecule has 0 radical (unpaired) electrons. The highest BCUT2D eigenvalue weighted by molar-refractivity contribution is 9.10. The van der Waals surface area contributed by atoms with Gasteiger partial charge in [-0.3, -0.25) is 4.79 Å². The molecule has 0 amide bonds. The van der Waals surface area contributed by atoms with Crippen molar-refractivity contribution in [2.45, 2.75) is 20.8 Å². The molecular formula is C11H12BrClO. The van der Waals surface area contributed by atoms with Gasteiger partial charge < -0.3 is 0 Å². The van der Waals surface area contributed by atoms with E-state index in [2.05, 4.69) is 15.9 Å². The van der Waals surface area contributed by atoms with Crippen LogP contribution in [-0.2, 0) is 0 Å². The van der Waals surface area contributed by atoms with Crippen LogP contribution in [0.15, 0.2) is 16.6 Å². The van der Waals surface area contributed by atoms with Crippen LogP contribution in [0, 0.1) is 12.8 Å². The van der Waals surface area contributed by atoms with Crippen molar-refractivity contribution in [3.63, 3.8) is 0 Å². The molecule has 1 rings (SSSR count). The maximum absolute atomic E-state index is 11.8. The van der Waals surface area contributed by atoms with E-state index in [0.717, 1.165) is 10.0 Å². The summed E-state index contributed by atoms with van der Waals surface area (Å²) in [6.07, 6.45) is 0. The monoisotopic (exact) mass is 274 g/mol. The molecule has 1 nitrogen and oxygen atoms in total. The first-order valence-electron chi connectivity index (χ1n) is 4.43. The number of hydrogen-bond donors (Lipinski definition) is 0. The maximum atomic E-state index is 11.8. The minimum absolute atomic E-state index is 0.0267. The zero-order valence-corrected chi connectivity index (χ0v) is 10.7. The Bertz CT molecular complexity index is 372. The van der Waals surface area contributed by atoms with Crippen molar-refractivity contribution in [2.75, 3.05) is 0 Å². The van der Waals surface area contributed by atoms with E-state index in [1.165, 1.54) is 0 Å². The average Bonchev–Trinajstić information content (AvgIpc) is 2.09. The molecule has 0 unspecified atom stereocenters. The first-order valence-corrected chi connectivity index (χ1v) is 5.60. The SMILES string of the molecule is Cc1cc(Br)c(Cl)c(C(=O)C(C)C)c1. The van der Waals surface area contributed by atoms with E-state index in [0.29, 0.717) is 10.6 Å². The summed E-state index contributed by atoms with van der Waals surface area (Å²) in [5.74, 6) is 0.0561. The van der Waals surface area contributed by atoms with Gasteiger partial charge in [-0.25, -0.2) is 0 Å². The van der Waals surface area contributed by atoms with Gasteiger partial charge in [0.05, 0.1) is 5.02 Å². The van der Waals surface area contributed by atoms with Gasteiger partial charge in [0.25, 0.3) is 0 Å². The van der Waals surface area contributed by atoms with Crippen molar-refractivity contribution in [2.24, 2.45) is 5.92 Å². The smallest absolute Gasteiger partial charge is 0.166 e. The molecule has 0 aliphatic rings. The van der Waals surface area contributed by atoms with Gasteiger partial charge >= 0.3 is 0 Å². The van der Waals surface area contributed by atoms with E-state index in [1.54, 1.807) is 0 Å². The normalized spacial score (nSPS) is 10.7. The second-order valence-electron chi connectivity index (χ2n) is 3.63. The number of halogens is 2. The van der Waals surface area contributed by atoms with Gasteiger partial charge in [-0.1, -0.05) is 25.4 Å². The molecule has 0 bridgehead atoms. The van der Waals surface area contributed by atoms with E-state index < -0.39 is 0 Å². The highest BCUT2D eigenvalue weighted by Crippen LogP contribution is 2.29. The van der Waals surface area contributed by atoms with E-state index in [9.17, 15) is 4.79 Å². The van der Waals surface area contributed by atoms with Crippen LogP contribution >= 0.6 is 27.5 Å². The van der Waals surface area contributed by atoms with Gasteiger partial charge in [-0.15, -0.1) is 0 Å². The first-order chi connectivity index (χ1) is 6.43. The molecule has 0 aliphatic heterocycles. The van der Waals surface area contributed by atoms with E-state index >= 15 is 0 Å². The molecular weight excluding hydrogens is 263 g/mol. The summed E-state index contributed by atoms with van der Waals surface area (Å²) in [5.41, 5.74) is 1.64. The molecule has 1 aromatic rings. The Morgan fingerprint density at radius 1 is 1.43 bits per heavy atom. The Morgan fingerprint density at radius 2 is 2.00 bits per heavy atom. The lowest BCUT2D eigenvalue weighted by molar-refractivity contribution is 0.0939. The lowest BCUT2D eigenvalue weighted by Crippen LogP contribution is -2.08. The van der Waals surface area contributed by atoms with E-state index in [1.807, 2.05) is 32.9 Å². The maximum Gasteiger partial charge on any atom is 0.166 e. The number of benzene rings is 1. The fraction of sp³-hybridized carbons (Fsp3) is 0.364. The number of rotatable bonds is 2. The number of hydrogen-bond acceptors (Lipinski definition) is 1. The molecule has 0 aliphatic carbocycles. The third-order valence-corrected chi connectivity index (χ3v) is 3.22. The topological polar surface area (TPSA) is 17.1 Å². The van der Waals surface area contributed by atoms with Crippen LogP contribution in [0.1, 0.15) is 29.8 Å². The van der Waals surface area contributed by atoms with Gasteiger partial charge in [0.2, 0.25) is 0 Å². The molecule has 0 N–H and O–H groups in total. The second kappa shape index (κ2) is 4.45. The van der Waals surface area contributed by atoms with Crippen LogP contribution in [0.25, 0.3) is 0 Å². The largest absolute Gasteiger partial charge is 0.294 e. The second-order valence-corrected chi connectivity index (χ2v) is 4.86. The Balaban J connectivity index is 3.27. The van der Waals surface area contributed by atoms with Crippen molar-refractivity contribution < 1.29 is 4.79 Å². The number of Topliss-reactive ketones (excluding diaryl/α,β-unsaturated/α-hetero) is 1. The molecule has 76 valence electrons. The quantitative estimate of drug-likeness (QED) is 0.738. The van der Waals surface area contributed by atoms with Gasteiger partial charge in [-0.05, 0) is 40.5 Å². The molecule has 1 aromatic carbocycles. The summed E-state index contributed by atoms with van der Waals surface area (Å²) < 4.78 is 0.781. The summed E-state index contributed by atoms with van der Waals surface area (Å²) in [4.78, 5) is 11.8. The standard InChI is InChI=1S/C11H12BrClO/c1-6(2)11(14)8-4-7(3)5-9(12)10(8)13/h4-6H,1-3H3. The van der Waals surface area contributed by atoms with Crippen LogP contribution in [0.5, 0.6) is 0 Å². The number of ketones is 1. The Kier molecular flexibility index (Phi) is 3.73. The van der Waals surface area contributed by atoms with Crippen molar-refractivity contribution in [1.82, 2.24) is 0 Å². The van der Waals surface area contributed by atoms with Crippen LogP contribution < -0.4 is 0 Å². The van der Waals surface area contributed by atoms with Gasteiger partial charge in [0.1, 0.15) is 0 Å². The van der Waals surface area contributed by atoms with E-state index in [-0.39, 0.29) is 11.7 Å². The van der Waals surface area contributed by atoms with Crippen molar-refractivity contribution >= 4 is 33.3 Å². The predicted octanol–water partition coefficient (Wildman–Crippen LogP) is 4.25. The minimum Gasteiger partial charge on any atom is -0.294 e. The highest BCUT2D eigenvalue weighted by Gasteiger charge is 2.16. The van der Waals surface area contributed by atoms with Crippen LogP contribution in [0.2, 0.25) is 5.02 Å². The number of aryl methyl sites for hydroxylation is 1. The molecule has 3 heteroatoms. The molecule has 0 aromatic heterocycles. The summed E-state index contributed by atoms with van der Waals surface area (Å²) in [5, 5.41) is 0.509. The third kappa shape index (κ3) is 2.37. The fourth-order valence-electron chi connectivity index (χ4n) is 1.21. The molecule has 0 fully saturated rings. The first kappa shape index (κ1) is 11.7. The van der Waals surface area contributed by atoms with Crippen LogP contribution in [0.3, 0.4) is 0 Å². The lowest BCUT2D eigenvalue weighted by Gasteiger charge is -2.08. The molecule has 0 atom stereocenters. The average molecular weight is 276 g/mol. The Labute approximate surface area is 97.6 Å². The summed E-state index contributed by atoms with van der Waals surface area (Å²) >= 11 is 9.37. The minimum atomic E-state index is -0.0267. The Hall–Kier alpha value is -0.340. The number of carbonyl (C=O) groups is 1. The summed E-state index contributed by atoms with van der Waals surface area (Å²) in [7, 11) is 0. The molecule has 0 saturated heterocycles. The summed E-state index contributed by atoms with van der Waals surface area (Å²) in [6, 6.07) is 3.73. The van der Waals surface area contributed by atoms with E-state index in [4.69, 9.17) is 11.6 Å². The fourth-order valence-corrected chi connectivity index (χ4v) is 1.99. The van der Waals surface area contributed by atoms with Gasteiger partial charge in [-0.2, -0.15) is 0 Å². The molecule has 0 saturated carbocycles. The Morgan fingerprint density at radius 3 is 2.50 bits per heavy atom. The van der Waals surface area contributed by atoms with Crippen LogP contribution in [0.4, 0.5) is 0 Å². The zero-order chi connectivity index (χ0) is 10.9. The predicted molar refractivity (Wildman–Crippen MR) is 63.1 cm³/mol. The molecule has 0 spiro atoms. The number of carbonyl (C=O) groups excluding carboxylic acids is 1. The van der Waals surface area contributed by atoms with Crippen molar-refractivity contribution in [1.29, 1.82) is 0 Å². The zero-order valence-electron chi connectivity index (χ0n) is 8.40. The highest BCUT2D eigenvalue weighted by atomic mass is 79.9. The third-order valence-electron chi connectivity index (χ3n) is 1.96. The van der Waals surface area contributed by atoms with Gasteiger partial charge in [0, 0.05) is 16.0 Å². The lowest BCUT2D eigenvalue weighted by atomic mass is 10.00. The van der Waals surface area contributed by atoms with Crippen molar-refractivity contribution in [3.8, 4) is 0 Å². The van der Waals surface area contributed by atoms with Crippen LogP contribution in [-0.4, -0.2) is 5.78 Å². The van der Waals surface area contributed by atoms with Crippen molar-refractivity contribution in [3.05, 3.63) is 32.8 Å². The molecule has 14 heavy (non-hydrogen) atoms.